The van der Waals surface area contributed by atoms with Gasteiger partial charge in [-0.25, -0.2) is 13.4 Å². The molecule has 1 aromatic heterocycles. The SMILES string of the molecule is COCCCNc1ccc(NS(=O)(=O)c2cc(C)ccc2C)cn1. The van der Waals surface area contributed by atoms with Gasteiger partial charge in [-0.05, 0) is 49.6 Å². The lowest BCUT2D eigenvalue weighted by atomic mass is 10.2. The molecule has 2 aromatic rings. The lowest BCUT2D eigenvalue weighted by Crippen LogP contribution is -2.15. The summed E-state index contributed by atoms with van der Waals surface area (Å²) in [6.45, 7) is 5.07. The number of methoxy groups -OCH3 is 1. The topological polar surface area (TPSA) is 80.3 Å². The zero-order valence-electron chi connectivity index (χ0n) is 14.2. The first kappa shape index (κ1) is 18.2. The molecule has 0 aliphatic carbocycles. The third kappa shape index (κ3) is 4.94. The van der Waals surface area contributed by atoms with Crippen LogP contribution >= 0.6 is 0 Å². The predicted molar refractivity (Wildman–Crippen MR) is 95.9 cm³/mol. The van der Waals surface area contributed by atoms with E-state index in [1.165, 1.54) is 6.20 Å². The van der Waals surface area contributed by atoms with E-state index in [-0.39, 0.29) is 4.90 Å². The van der Waals surface area contributed by atoms with Gasteiger partial charge in [-0.1, -0.05) is 12.1 Å². The first-order chi connectivity index (χ1) is 11.4. The van der Waals surface area contributed by atoms with Crippen LogP contribution in [-0.4, -0.2) is 33.7 Å². The van der Waals surface area contributed by atoms with Gasteiger partial charge in [-0.2, -0.15) is 0 Å². The number of aryl methyl sites for hydroxylation is 2. The smallest absolute Gasteiger partial charge is 0.262 e. The number of sulfonamides is 1. The van der Waals surface area contributed by atoms with Crippen LogP contribution in [0.4, 0.5) is 11.5 Å². The lowest BCUT2D eigenvalue weighted by molar-refractivity contribution is 0.198. The molecule has 0 atom stereocenters. The van der Waals surface area contributed by atoms with Gasteiger partial charge in [-0.15, -0.1) is 0 Å². The molecule has 2 rings (SSSR count). The zero-order chi connectivity index (χ0) is 17.6. The molecule has 24 heavy (non-hydrogen) atoms. The molecule has 7 heteroatoms. The minimum atomic E-state index is -3.63. The molecular formula is C17H23N3O3S. The van der Waals surface area contributed by atoms with E-state index in [4.69, 9.17) is 4.74 Å². The summed E-state index contributed by atoms with van der Waals surface area (Å²) in [5.41, 5.74) is 2.03. The molecule has 130 valence electrons. The Kier molecular flexibility index (Phi) is 6.16. The van der Waals surface area contributed by atoms with Crippen molar-refractivity contribution >= 4 is 21.5 Å². The molecule has 0 unspecified atom stereocenters. The zero-order valence-corrected chi connectivity index (χ0v) is 15.0. The molecule has 1 aromatic carbocycles. The van der Waals surface area contributed by atoms with E-state index >= 15 is 0 Å². The minimum Gasteiger partial charge on any atom is -0.385 e. The minimum absolute atomic E-state index is 0.282. The van der Waals surface area contributed by atoms with Crippen molar-refractivity contribution in [3.05, 3.63) is 47.7 Å². The maximum absolute atomic E-state index is 12.5. The standard InChI is InChI=1S/C17H23N3O3S/c1-13-5-6-14(2)16(11-13)24(21,22)20-15-7-8-17(19-12-15)18-9-4-10-23-3/h5-8,11-12,20H,4,9-10H2,1-3H3,(H,18,19). The first-order valence-electron chi connectivity index (χ1n) is 7.71. The van der Waals surface area contributed by atoms with Gasteiger partial charge in [0.1, 0.15) is 5.82 Å². The Morgan fingerprint density at radius 2 is 1.96 bits per heavy atom. The molecule has 0 radical (unpaired) electrons. The molecular weight excluding hydrogens is 326 g/mol. The summed E-state index contributed by atoms with van der Waals surface area (Å²) in [7, 11) is -1.97. The van der Waals surface area contributed by atoms with Crippen molar-refractivity contribution in [2.45, 2.75) is 25.2 Å². The van der Waals surface area contributed by atoms with Crippen molar-refractivity contribution in [3.8, 4) is 0 Å². The first-order valence-corrected chi connectivity index (χ1v) is 9.19. The van der Waals surface area contributed by atoms with Crippen LogP contribution < -0.4 is 10.0 Å². The quantitative estimate of drug-likeness (QED) is 0.716. The third-order valence-corrected chi connectivity index (χ3v) is 5.00. The van der Waals surface area contributed by atoms with Crippen molar-refractivity contribution in [1.29, 1.82) is 0 Å². The van der Waals surface area contributed by atoms with Gasteiger partial charge in [0.05, 0.1) is 16.8 Å². The number of nitrogens with zero attached hydrogens (tertiary/aromatic N) is 1. The van der Waals surface area contributed by atoms with Gasteiger partial charge in [-0.3, -0.25) is 4.72 Å². The van der Waals surface area contributed by atoms with Crippen LogP contribution in [0, 0.1) is 13.8 Å². The molecule has 0 spiro atoms. The highest BCUT2D eigenvalue weighted by Gasteiger charge is 2.17. The molecule has 0 aliphatic heterocycles. The van der Waals surface area contributed by atoms with Crippen molar-refractivity contribution in [1.82, 2.24) is 4.98 Å². The maximum Gasteiger partial charge on any atom is 0.262 e. The number of hydrogen-bond donors (Lipinski definition) is 2. The van der Waals surface area contributed by atoms with Crippen molar-refractivity contribution < 1.29 is 13.2 Å². The maximum atomic E-state index is 12.5. The molecule has 1 heterocycles. The highest BCUT2D eigenvalue weighted by atomic mass is 32.2. The van der Waals surface area contributed by atoms with Crippen LogP contribution in [0.3, 0.4) is 0 Å². The Hall–Kier alpha value is -2.12. The average Bonchev–Trinajstić information content (AvgIpc) is 2.55. The summed E-state index contributed by atoms with van der Waals surface area (Å²) in [4.78, 5) is 4.50. The fourth-order valence-electron chi connectivity index (χ4n) is 2.20. The summed E-state index contributed by atoms with van der Waals surface area (Å²) in [5, 5.41) is 3.15. The molecule has 0 saturated heterocycles. The second kappa shape index (κ2) is 8.12. The summed E-state index contributed by atoms with van der Waals surface area (Å²) < 4.78 is 32.6. The molecule has 6 nitrogen and oxygen atoms in total. The normalized spacial score (nSPS) is 11.3. The van der Waals surface area contributed by atoms with Crippen LogP contribution in [0.2, 0.25) is 0 Å². The Morgan fingerprint density at radius 1 is 1.17 bits per heavy atom. The van der Waals surface area contributed by atoms with Crippen LogP contribution in [0.1, 0.15) is 17.5 Å². The molecule has 0 aliphatic rings. The van der Waals surface area contributed by atoms with E-state index in [9.17, 15) is 8.42 Å². The third-order valence-electron chi connectivity index (χ3n) is 3.48. The van der Waals surface area contributed by atoms with E-state index in [0.717, 1.165) is 18.5 Å². The number of ether oxygens (including phenoxy) is 1. The Labute approximate surface area is 143 Å². The summed E-state index contributed by atoms with van der Waals surface area (Å²) in [5.74, 6) is 0.695. The molecule has 0 amide bonds. The number of pyridine rings is 1. The molecule has 0 bridgehead atoms. The van der Waals surface area contributed by atoms with Gasteiger partial charge in [0.25, 0.3) is 10.0 Å². The van der Waals surface area contributed by atoms with Crippen LogP contribution in [-0.2, 0) is 14.8 Å². The van der Waals surface area contributed by atoms with Gasteiger partial charge in [0.2, 0.25) is 0 Å². The highest BCUT2D eigenvalue weighted by molar-refractivity contribution is 7.92. The van der Waals surface area contributed by atoms with E-state index in [1.54, 1.807) is 38.3 Å². The number of hydrogen-bond acceptors (Lipinski definition) is 5. The second-order valence-corrected chi connectivity index (χ2v) is 7.23. The molecule has 0 fully saturated rings. The Bertz CT molecular complexity index is 774. The van der Waals surface area contributed by atoms with Gasteiger partial charge >= 0.3 is 0 Å². The fourth-order valence-corrected chi connectivity index (χ4v) is 3.57. The van der Waals surface area contributed by atoms with Gasteiger partial charge < -0.3 is 10.1 Å². The summed E-state index contributed by atoms with van der Waals surface area (Å²) >= 11 is 0. The van der Waals surface area contributed by atoms with Crippen molar-refractivity contribution in [2.75, 3.05) is 30.3 Å². The van der Waals surface area contributed by atoms with Gasteiger partial charge in [0.15, 0.2) is 0 Å². The highest BCUT2D eigenvalue weighted by Crippen LogP contribution is 2.20. The lowest BCUT2D eigenvalue weighted by Gasteiger charge is -2.11. The van der Waals surface area contributed by atoms with Crippen LogP contribution in [0.5, 0.6) is 0 Å². The molecule has 0 saturated carbocycles. The Balaban J connectivity index is 2.06. The van der Waals surface area contributed by atoms with Crippen LogP contribution in [0.15, 0.2) is 41.4 Å². The number of nitrogens with one attached hydrogen (secondary N) is 2. The van der Waals surface area contributed by atoms with E-state index in [2.05, 4.69) is 15.0 Å². The van der Waals surface area contributed by atoms with E-state index in [0.29, 0.717) is 23.7 Å². The number of aromatic nitrogens is 1. The van der Waals surface area contributed by atoms with E-state index < -0.39 is 10.0 Å². The van der Waals surface area contributed by atoms with Gasteiger partial charge in [0, 0.05) is 20.3 Å². The number of rotatable bonds is 8. The fraction of sp³-hybridized carbons (Fsp3) is 0.353. The summed E-state index contributed by atoms with van der Waals surface area (Å²) in [6, 6.07) is 8.79. The second-order valence-electron chi connectivity index (χ2n) is 5.58. The Morgan fingerprint density at radius 3 is 2.62 bits per heavy atom. The largest absolute Gasteiger partial charge is 0.385 e. The van der Waals surface area contributed by atoms with Crippen molar-refractivity contribution in [2.24, 2.45) is 0 Å². The summed E-state index contributed by atoms with van der Waals surface area (Å²) in [6.07, 6.45) is 2.38. The monoisotopic (exact) mass is 349 g/mol. The van der Waals surface area contributed by atoms with E-state index in [1.807, 2.05) is 13.0 Å². The predicted octanol–water partition coefficient (Wildman–Crippen LogP) is 2.95. The van der Waals surface area contributed by atoms with Crippen LogP contribution in [0.25, 0.3) is 0 Å². The number of anilines is 2. The average molecular weight is 349 g/mol. The van der Waals surface area contributed by atoms with Crippen molar-refractivity contribution in [3.63, 3.8) is 0 Å². The molecule has 2 N–H and O–H groups in total. The number of benzene rings is 1.